The molecule has 106 valence electrons. The molecule has 1 amide bonds. The maximum atomic E-state index is 12.0. The fraction of sp³-hybridized carbons (Fsp3) is 0.571. The van der Waals surface area contributed by atoms with Crippen LogP contribution in [-0.4, -0.2) is 16.9 Å². The van der Waals surface area contributed by atoms with Crippen molar-refractivity contribution < 1.29 is 4.79 Å². The van der Waals surface area contributed by atoms with Crippen LogP contribution in [0.1, 0.15) is 50.5 Å². The number of nitrogen functional groups attached to an aromatic ring is 1. The number of hydrogen-bond donors (Lipinski definition) is 3. The Morgan fingerprint density at radius 3 is 2.74 bits per heavy atom. The first-order chi connectivity index (χ1) is 9.02. The predicted molar refractivity (Wildman–Crippen MR) is 77.7 cm³/mol. The molecule has 0 aliphatic carbocycles. The molecular weight excluding hydrogens is 240 g/mol. The Morgan fingerprint density at radius 2 is 2.11 bits per heavy atom. The third-order valence-corrected chi connectivity index (χ3v) is 2.96. The first-order valence-electron chi connectivity index (χ1n) is 6.76. The van der Waals surface area contributed by atoms with Crippen LogP contribution >= 0.6 is 0 Å². The maximum Gasteiger partial charge on any atom is 0.270 e. The molecular formula is C14H24N4O. The number of nitrogens with two attached hydrogens (primary N) is 1. The zero-order chi connectivity index (χ0) is 14.3. The Balaban J connectivity index is 2.45. The van der Waals surface area contributed by atoms with Crippen LogP contribution in [0.25, 0.3) is 0 Å². The first kappa shape index (κ1) is 15.4. The zero-order valence-corrected chi connectivity index (χ0v) is 11.9. The van der Waals surface area contributed by atoms with Crippen LogP contribution in [0.15, 0.2) is 18.3 Å². The second kappa shape index (κ2) is 7.74. The molecule has 0 bridgehead atoms. The molecule has 0 spiro atoms. The van der Waals surface area contributed by atoms with Gasteiger partial charge in [-0.3, -0.25) is 15.6 Å². The molecule has 0 aliphatic heterocycles. The number of rotatable bonds is 7. The van der Waals surface area contributed by atoms with Crippen molar-refractivity contribution in [3.63, 3.8) is 0 Å². The number of anilines is 1. The molecule has 1 aromatic heterocycles. The molecule has 0 aromatic carbocycles. The molecule has 5 heteroatoms. The van der Waals surface area contributed by atoms with Crippen molar-refractivity contribution >= 4 is 11.6 Å². The number of carbonyl (C=O) groups is 1. The van der Waals surface area contributed by atoms with E-state index in [1.165, 1.54) is 6.42 Å². The molecule has 1 atom stereocenters. The summed E-state index contributed by atoms with van der Waals surface area (Å²) < 4.78 is 0. The Bertz CT molecular complexity index is 406. The molecule has 4 N–H and O–H groups in total. The van der Waals surface area contributed by atoms with E-state index in [0.717, 1.165) is 12.8 Å². The number of hydrazine groups is 1. The highest BCUT2D eigenvalue weighted by Crippen LogP contribution is 2.09. The van der Waals surface area contributed by atoms with Gasteiger partial charge >= 0.3 is 0 Å². The minimum atomic E-state index is -0.158. The van der Waals surface area contributed by atoms with Crippen LogP contribution in [0, 0.1) is 5.92 Å². The lowest BCUT2D eigenvalue weighted by Crippen LogP contribution is -2.33. The Kier molecular flexibility index (Phi) is 6.29. The monoisotopic (exact) mass is 264 g/mol. The van der Waals surface area contributed by atoms with Crippen LogP contribution in [-0.2, 0) is 0 Å². The van der Waals surface area contributed by atoms with Gasteiger partial charge in [-0.1, -0.05) is 26.7 Å². The Labute approximate surface area is 115 Å². The van der Waals surface area contributed by atoms with E-state index in [1.807, 2.05) is 6.92 Å². The summed E-state index contributed by atoms with van der Waals surface area (Å²) in [5, 5.41) is 2.95. The van der Waals surface area contributed by atoms with E-state index in [-0.39, 0.29) is 11.9 Å². The molecule has 0 radical (unpaired) electrons. The van der Waals surface area contributed by atoms with Crippen LogP contribution in [0.5, 0.6) is 0 Å². The summed E-state index contributed by atoms with van der Waals surface area (Å²) in [7, 11) is 0. The van der Waals surface area contributed by atoms with Gasteiger partial charge in [-0.15, -0.1) is 0 Å². The number of aromatic nitrogens is 1. The molecule has 1 aromatic rings. The van der Waals surface area contributed by atoms with E-state index in [9.17, 15) is 4.79 Å². The number of hydrogen-bond acceptors (Lipinski definition) is 4. The van der Waals surface area contributed by atoms with Crippen molar-refractivity contribution in [2.45, 2.75) is 46.1 Å². The summed E-state index contributed by atoms with van der Waals surface area (Å²) in [4.78, 5) is 16.0. The molecule has 0 saturated heterocycles. The first-order valence-corrected chi connectivity index (χ1v) is 6.76. The van der Waals surface area contributed by atoms with Gasteiger partial charge in [-0.25, -0.2) is 0 Å². The van der Waals surface area contributed by atoms with Gasteiger partial charge in [-0.05, 0) is 31.4 Å². The lowest BCUT2D eigenvalue weighted by Gasteiger charge is -2.14. The second-order valence-electron chi connectivity index (χ2n) is 5.27. The lowest BCUT2D eigenvalue weighted by atomic mass is 10.0. The smallest absolute Gasteiger partial charge is 0.270 e. The van der Waals surface area contributed by atoms with Gasteiger partial charge < -0.3 is 10.7 Å². The molecule has 1 rings (SSSR count). The SMILES string of the molecule is CC(C)CCCC(C)NC(=O)c1cc(NN)ccn1. The van der Waals surface area contributed by atoms with E-state index in [1.54, 1.807) is 18.3 Å². The maximum absolute atomic E-state index is 12.0. The van der Waals surface area contributed by atoms with Gasteiger partial charge in [0, 0.05) is 12.2 Å². The Hall–Kier alpha value is -1.62. The summed E-state index contributed by atoms with van der Waals surface area (Å²) in [5.41, 5.74) is 3.56. The largest absolute Gasteiger partial charge is 0.348 e. The van der Waals surface area contributed by atoms with Crippen molar-refractivity contribution in [3.05, 3.63) is 24.0 Å². The molecule has 0 aliphatic rings. The van der Waals surface area contributed by atoms with E-state index >= 15 is 0 Å². The predicted octanol–water partition coefficient (Wildman–Crippen LogP) is 2.31. The van der Waals surface area contributed by atoms with Crippen molar-refractivity contribution in [3.8, 4) is 0 Å². The average Bonchev–Trinajstić information content (AvgIpc) is 2.38. The van der Waals surface area contributed by atoms with Crippen LogP contribution in [0.3, 0.4) is 0 Å². The molecule has 5 nitrogen and oxygen atoms in total. The highest BCUT2D eigenvalue weighted by Gasteiger charge is 2.11. The highest BCUT2D eigenvalue weighted by atomic mass is 16.1. The van der Waals surface area contributed by atoms with Gasteiger partial charge in [0.25, 0.3) is 5.91 Å². The van der Waals surface area contributed by atoms with E-state index in [0.29, 0.717) is 17.3 Å². The minimum Gasteiger partial charge on any atom is -0.348 e. The number of carbonyl (C=O) groups excluding carboxylic acids is 1. The number of amides is 1. The molecule has 1 unspecified atom stereocenters. The second-order valence-corrected chi connectivity index (χ2v) is 5.27. The van der Waals surface area contributed by atoms with Crippen molar-refractivity contribution in [1.82, 2.24) is 10.3 Å². The number of pyridine rings is 1. The van der Waals surface area contributed by atoms with Crippen LogP contribution in [0.2, 0.25) is 0 Å². The molecule has 19 heavy (non-hydrogen) atoms. The zero-order valence-electron chi connectivity index (χ0n) is 11.9. The van der Waals surface area contributed by atoms with Gasteiger partial charge in [0.05, 0.1) is 5.69 Å². The van der Waals surface area contributed by atoms with E-state index in [4.69, 9.17) is 5.84 Å². The molecule has 0 saturated carbocycles. The third-order valence-electron chi connectivity index (χ3n) is 2.96. The van der Waals surface area contributed by atoms with Gasteiger partial charge in [0.2, 0.25) is 0 Å². The third kappa shape index (κ3) is 5.70. The van der Waals surface area contributed by atoms with Crippen molar-refractivity contribution in [2.75, 3.05) is 5.43 Å². The topological polar surface area (TPSA) is 80.0 Å². The van der Waals surface area contributed by atoms with Crippen LogP contribution < -0.4 is 16.6 Å². The van der Waals surface area contributed by atoms with E-state index in [2.05, 4.69) is 29.6 Å². The molecule has 0 fully saturated rings. The van der Waals surface area contributed by atoms with Gasteiger partial charge in [0.15, 0.2) is 0 Å². The fourth-order valence-electron chi connectivity index (χ4n) is 1.85. The van der Waals surface area contributed by atoms with Crippen molar-refractivity contribution in [2.24, 2.45) is 11.8 Å². The quantitative estimate of drug-likeness (QED) is 0.521. The summed E-state index contributed by atoms with van der Waals surface area (Å²) in [6, 6.07) is 3.50. The normalized spacial score (nSPS) is 12.3. The Morgan fingerprint density at radius 1 is 1.37 bits per heavy atom. The van der Waals surface area contributed by atoms with E-state index < -0.39 is 0 Å². The summed E-state index contributed by atoms with van der Waals surface area (Å²) in [5.74, 6) is 5.85. The minimum absolute atomic E-state index is 0.155. The van der Waals surface area contributed by atoms with Crippen molar-refractivity contribution in [1.29, 1.82) is 0 Å². The number of nitrogens with zero attached hydrogens (tertiary/aromatic N) is 1. The summed E-state index contributed by atoms with van der Waals surface area (Å²) >= 11 is 0. The lowest BCUT2D eigenvalue weighted by molar-refractivity contribution is 0.0933. The highest BCUT2D eigenvalue weighted by molar-refractivity contribution is 5.93. The van der Waals surface area contributed by atoms with Gasteiger partial charge in [0.1, 0.15) is 5.69 Å². The van der Waals surface area contributed by atoms with Gasteiger partial charge in [-0.2, -0.15) is 0 Å². The van der Waals surface area contributed by atoms with Crippen LogP contribution in [0.4, 0.5) is 5.69 Å². The number of nitrogens with one attached hydrogen (secondary N) is 2. The summed E-state index contributed by atoms with van der Waals surface area (Å²) in [6.07, 6.45) is 4.86. The molecule has 1 heterocycles. The fourth-order valence-corrected chi connectivity index (χ4v) is 1.85. The standard InChI is InChI=1S/C14H24N4O/c1-10(2)5-4-6-11(3)17-14(19)13-9-12(18-15)7-8-16-13/h7-11H,4-6,15H2,1-3H3,(H,16,18)(H,17,19). The average molecular weight is 264 g/mol. The summed E-state index contributed by atoms with van der Waals surface area (Å²) in [6.45, 7) is 6.43.